The monoisotopic (exact) mass is 368 g/mol. The summed E-state index contributed by atoms with van der Waals surface area (Å²) in [6.45, 7) is 3.22. The first-order valence-corrected chi connectivity index (χ1v) is 10.5. The quantitative estimate of drug-likeness (QED) is 0.749. The van der Waals surface area contributed by atoms with Gasteiger partial charge >= 0.3 is 0 Å². The standard InChI is InChI=1S/C17H24N2O5S/c1-2-6-19(14-5-8-25(22,23)12-14)17(21)13-9-16(20)18(10-13)11-15-4-3-7-24-15/h3-4,7,13-14H,2,5-6,8-12H2,1H3. The summed E-state index contributed by atoms with van der Waals surface area (Å²) >= 11 is 0. The fourth-order valence-electron chi connectivity index (χ4n) is 3.65. The predicted molar refractivity (Wildman–Crippen MR) is 91.3 cm³/mol. The minimum atomic E-state index is -3.06. The molecule has 2 saturated heterocycles. The molecule has 0 spiro atoms. The van der Waals surface area contributed by atoms with Crippen molar-refractivity contribution in [1.82, 2.24) is 9.80 Å². The number of likely N-dealkylation sites (tertiary alicyclic amines) is 1. The zero-order valence-corrected chi connectivity index (χ0v) is 15.2. The highest BCUT2D eigenvalue weighted by atomic mass is 32.2. The molecule has 2 unspecified atom stereocenters. The summed E-state index contributed by atoms with van der Waals surface area (Å²) in [5.74, 6) is 0.296. The third kappa shape index (κ3) is 4.05. The van der Waals surface area contributed by atoms with E-state index in [9.17, 15) is 18.0 Å². The molecule has 0 bridgehead atoms. The molecule has 2 amide bonds. The second kappa shape index (κ2) is 7.19. The molecule has 0 saturated carbocycles. The lowest BCUT2D eigenvalue weighted by Crippen LogP contribution is -2.45. The third-order valence-corrected chi connectivity index (χ3v) is 6.64. The molecule has 2 atom stereocenters. The van der Waals surface area contributed by atoms with Gasteiger partial charge in [-0.25, -0.2) is 8.42 Å². The maximum atomic E-state index is 13.0. The Morgan fingerprint density at radius 1 is 1.44 bits per heavy atom. The maximum Gasteiger partial charge on any atom is 0.228 e. The van der Waals surface area contributed by atoms with Crippen molar-refractivity contribution < 1.29 is 22.4 Å². The van der Waals surface area contributed by atoms with E-state index >= 15 is 0 Å². The average Bonchev–Trinajstić information content (AvgIpc) is 3.27. The maximum absolute atomic E-state index is 13.0. The summed E-state index contributed by atoms with van der Waals surface area (Å²) < 4.78 is 28.8. The number of hydrogen-bond acceptors (Lipinski definition) is 5. The van der Waals surface area contributed by atoms with Gasteiger partial charge in [-0.15, -0.1) is 0 Å². The van der Waals surface area contributed by atoms with Gasteiger partial charge in [0.1, 0.15) is 5.76 Å². The zero-order chi connectivity index (χ0) is 18.0. The van der Waals surface area contributed by atoms with E-state index in [0.29, 0.717) is 31.8 Å². The van der Waals surface area contributed by atoms with Crippen molar-refractivity contribution in [3.63, 3.8) is 0 Å². The Morgan fingerprint density at radius 2 is 2.24 bits per heavy atom. The number of rotatable bonds is 6. The molecule has 1 aromatic heterocycles. The van der Waals surface area contributed by atoms with E-state index in [1.54, 1.807) is 28.2 Å². The Labute approximate surface area is 147 Å². The summed E-state index contributed by atoms with van der Waals surface area (Å²) in [5, 5.41) is 0. The third-order valence-electron chi connectivity index (χ3n) is 4.89. The molecule has 0 radical (unpaired) electrons. The van der Waals surface area contributed by atoms with Gasteiger partial charge in [0.15, 0.2) is 9.84 Å². The van der Waals surface area contributed by atoms with Crippen LogP contribution < -0.4 is 0 Å². The number of nitrogens with zero attached hydrogens (tertiary/aromatic N) is 2. The van der Waals surface area contributed by atoms with Gasteiger partial charge in [0.2, 0.25) is 11.8 Å². The smallest absolute Gasteiger partial charge is 0.228 e. The molecule has 0 aromatic carbocycles. The van der Waals surface area contributed by atoms with Crippen LogP contribution in [0, 0.1) is 5.92 Å². The van der Waals surface area contributed by atoms with Crippen LogP contribution in [0.3, 0.4) is 0 Å². The van der Waals surface area contributed by atoms with E-state index in [2.05, 4.69) is 0 Å². The molecule has 7 nitrogen and oxygen atoms in total. The van der Waals surface area contributed by atoms with Gasteiger partial charge < -0.3 is 14.2 Å². The fourth-order valence-corrected chi connectivity index (χ4v) is 5.38. The molecule has 138 valence electrons. The molecule has 2 aliphatic rings. The van der Waals surface area contributed by atoms with Crippen molar-refractivity contribution in [3.05, 3.63) is 24.2 Å². The Bertz CT molecular complexity index is 728. The van der Waals surface area contributed by atoms with Crippen LogP contribution in [0.2, 0.25) is 0 Å². The van der Waals surface area contributed by atoms with Crippen molar-refractivity contribution in [2.75, 3.05) is 24.6 Å². The lowest BCUT2D eigenvalue weighted by Gasteiger charge is -2.30. The van der Waals surface area contributed by atoms with Crippen molar-refractivity contribution in [2.45, 2.75) is 38.8 Å². The Kier molecular flexibility index (Phi) is 5.17. The van der Waals surface area contributed by atoms with Crippen LogP contribution in [0.15, 0.2) is 22.8 Å². The van der Waals surface area contributed by atoms with Crippen LogP contribution in [0.1, 0.15) is 31.9 Å². The van der Waals surface area contributed by atoms with Crippen LogP contribution >= 0.6 is 0 Å². The molecule has 8 heteroatoms. The van der Waals surface area contributed by atoms with Gasteiger partial charge in [-0.2, -0.15) is 0 Å². The molecule has 0 aliphatic carbocycles. The summed E-state index contributed by atoms with van der Waals surface area (Å²) in [6.07, 6.45) is 2.99. The lowest BCUT2D eigenvalue weighted by molar-refractivity contribution is -0.137. The van der Waals surface area contributed by atoms with Crippen molar-refractivity contribution >= 4 is 21.7 Å². The molecule has 3 rings (SSSR count). The Balaban J connectivity index is 1.67. The van der Waals surface area contributed by atoms with E-state index in [4.69, 9.17) is 4.42 Å². The lowest BCUT2D eigenvalue weighted by atomic mass is 10.0. The van der Waals surface area contributed by atoms with E-state index in [1.807, 2.05) is 6.92 Å². The van der Waals surface area contributed by atoms with Gasteiger partial charge in [-0.1, -0.05) is 6.92 Å². The van der Waals surface area contributed by atoms with Gasteiger partial charge in [-0.3, -0.25) is 9.59 Å². The number of carbonyl (C=O) groups is 2. The molecular weight excluding hydrogens is 344 g/mol. The number of furan rings is 1. The van der Waals surface area contributed by atoms with E-state index in [1.165, 1.54) is 0 Å². The highest BCUT2D eigenvalue weighted by Gasteiger charge is 2.41. The van der Waals surface area contributed by atoms with Crippen LogP contribution in [0.25, 0.3) is 0 Å². The largest absolute Gasteiger partial charge is 0.467 e. The summed E-state index contributed by atoms with van der Waals surface area (Å²) in [7, 11) is -3.06. The molecule has 2 fully saturated rings. The molecule has 2 aliphatic heterocycles. The van der Waals surface area contributed by atoms with Gasteiger partial charge in [0.05, 0.1) is 30.2 Å². The summed E-state index contributed by atoms with van der Waals surface area (Å²) in [4.78, 5) is 28.5. The summed E-state index contributed by atoms with van der Waals surface area (Å²) in [6, 6.07) is 3.31. The molecule has 0 N–H and O–H groups in total. The molecular formula is C17H24N2O5S. The van der Waals surface area contributed by atoms with Crippen LogP contribution in [-0.4, -0.2) is 60.7 Å². The van der Waals surface area contributed by atoms with Crippen molar-refractivity contribution in [2.24, 2.45) is 5.92 Å². The number of amides is 2. The van der Waals surface area contributed by atoms with E-state index < -0.39 is 15.8 Å². The average molecular weight is 368 g/mol. The van der Waals surface area contributed by atoms with Crippen molar-refractivity contribution in [1.29, 1.82) is 0 Å². The predicted octanol–water partition coefficient (Wildman–Crippen LogP) is 1.05. The highest BCUT2D eigenvalue weighted by Crippen LogP contribution is 2.26. The first kappa shape index (κ1) is 18.0. The molecule has 25 heavy (non-hydrogen) atoms. The number of sulfone groups is 1. The van der Waals surface area contributed by atoms with Crippen LogP contribution in [0.4, 0.5) is 0 Å². The van der Waals surface area contributed by atoms with Gasteiger partial charge in [0, 0.05) is 25.6 Å². The summed E-state index contributed by atoms with van der Waals surface area (Å²) in [5.41, 5.74) is 0. The second-order valence-electron chi connectivity index (χ2n) is 6.84. The fraction of sp³-hybridized carbons (Fsp3) is 0.647. The number of hydrogen-bond donors (Lipinski definition) is 0. The Hall–Kier alpha value is -1.83. The minimum Gasteiger partial charge on any atom is -0.467 e. The topological polar surface area (TPSA) is 87.9 Å². The van der Waals surface area contributed by atoms with E-state index in [-0.39, 0.29) is 35.8 Å². The second-order valence-corrected chi connectivity index (χ2v) is 9.07. The zero-order valence-electron chi connectivity index (χ0n) is 14.4. The SMILES string of the molecule is CCCN(C(=O)C1CC(=O)N(Cc2ccco2)C1)C1CCS(=O)(=O)C1. The molecule has 1 aromatic rings. The normalized spacial score (nSPS) is 25.5. The van der Waals surface area contributed by atoms with Gasteiger partial charge in [-0.05, 0) is 25.0 Å². The minimum absolute atomic E-state index is 0.0372. The van der Waals surface area contributed by atoms with Gasteiger partial charge in [0.25, 0.3) is 0 Å². The van der Waals surface area contributed by atoms with Crippen LogP contribution in [-0.2, 0) is 26.0 Å². The van der Waals surface area contributed by atoms with Crippen LogP contribution in [0.5, 0.6) is 0 Å². The Morgan fingerprint density at radius 3 is 2.84 bits per heavy atom. The van der Waals surface area contributed by atoms with Crippen molar-refractivity contribution in [3.8, 4) is 0 Å². The molecule has 3 heterocycles. The van der Waals surface area contributed by atoms with E-state index in [0.717, 1.165) is 6.42 Å². The first-order chi connectivity index (χ1) is 11.9. The highest BCUT2D eigenvalue weighted by molar-refractivity contribution is 7.91. The first-order valence-electron chi connectivity index (χ1n) is 8.70. The number of carbonyl (C=O) groups excluding carboxylic acids is 2.